The predicted octanol–water partition coefficient (Wildman–Crippen LogP) is 2.57. The third-order valence-corrected chi connectivity index (χ3v) is 3.06. The standard InChI is InChI=1S/C14H17N3O4/c1-3-6-11-13(17(19)20)14(16(2)15-11)21-12-8-5-4-7-10(12)9-18/h4-5,7-8,18H,3,6,9H2,1-2H3. The van der Waals surface area contributed by atoms with Gasteiger partial charge in [0, 0.05) is 12.6 Å². The van der Waals surface area contributed by atoms with E-state index in [1.165, 1.54) is 4.68 Å². The summed E-state index contributed by atoms with van der Waals surface area (Å²) in [5, 5.41) is 24.8. The van der Waals surface area contributed by atoms with Crippen molar-refractivity contribution in [3.8, 4) is 11.6 Å². The van der Waals surface area contributed by atoms with Crippen LogP contribution in [0.3, 0.4) is 0 Å². The van der Waals surface area contributed by atoms with E-state index in [-0.39, 0.29) is 18.2 Å². The topological polar surface area (TPSA) is 90.4 Å². The maximum absolute atomic E-state index is 11.3. The van der Waals surface area contributed by atoms with Gasteiger partial charge >= 0.3 is 5.69 Å². The third-order valence-electron chi connectivity index (χ3n) is 3.06. The van der Waals surface area contributed by atoms with Gasteiger partial charge in [-0.05, 0) is 12.5 Å². The van der Waals surface area contributed by atoms with E-state index in [2.05, 4.69) is 5.10 Å². The van der Waals surface area contributed by atoms with Crippen molar-refractivity contribution in [3.05, 3.63) is 45.6 Å². The molecule has 0 spiro atoms. The van der Waals surface area contributed by atoms with E-state index >= 15 is 0 Å². The lowest BCUT2D eigenvalue weighted by Crippen LogP contribution is -1.99. The number of para-hydroxylation sites is 1. The molecule has 0 fully saturated rings. The average molecular weight is 291 g/mol. The summed E-state index contributed by atoms with van der Waals surface area (Å²) in [6.45, 7) is 1.73. The fourth-order valence-corrected chi connectivity index (χ4v) is 2.09. The highest BCUT2D eigenvalue weighted by Gasteiger charge is 2.28. The summed E-state index contributed by atoms with van der Waals surface area (Å²) in [6.07, 6.45) is 1.26. The van der Waals surface area contributed by atoms with Crippen LogP contribution < -0.4 is 4.74 Å². The Balaban J connectivity index is 2.46. The number of benzene rings is 1. The van der Waals surface area contributed by atoms with Crippen LogP contribution in [0.2, 0.25) is 0 Å². The molecule has 1 heterocycles. The van der Waals surface area contributed by atoms with Crippen LogP contribution in [-0.4, -0.2) is 19.8 Å². The monoisotopic (exact) mass is 291 g/mol. The van der Waals surface area contributed by atoms with Gasteiger partial charge < -0.3 is 9.84 Å². The van der Waals surface area contributed by atoms with Crippen molar-refractivity contribution in [2.75, 3.05) is 0 Å². The zero-order valence-corrected chi connectivity index (χ0v) is 11.9. The van der Waals surface area contributed by atoms with Gasteiger partial charge in [-0.3, -0.25) is 10.1 Å². The lowest BCUT2D eigenvalue weighted by Gasteiger charge is -2.08. The minimum atomic E-state index is -0.477. The highest BCUT2D eigenvalue weighted by molar-refractivity contribution is 5.49. The Morgan fingerprint density at radius 1 is 1.43 bits per heavy atom. The zero-order chi connectivity index (χ0) is 15.4. The van der Waals surface area contributed by atoms with Crippen LogP contribution in [0.25, 0.3) is 0 Å². The van der Waals surface area contributed by atoms with Crippen molar-refractivity contribution in [1.29, 1.82) is 0 Å². The molecule has 0 atom stereocenters. The largest absolute Gasteiger partial charge is 0.433 e. The molecule has 0 unspecified atom stereocenters. The molecule has 0 amide bonds. The van der Waals surface area contributed by atoms with Gasteiger partial charge in [0.15, 0.2) is 0 Å². The first kappa shape index (κ1) is 15.0. The zero-order valence-electron chi connectivity index (χ0n) is 11.9. The van der Waals surface area contributed by atoms with Gasteiger partial charge in [-0.1, -0.05) is 31.5 Å². The first-order valence-corrected chi connectivity index (χ1v) is 6.65. The molecule has 1 N–H and O–H groups in total. The Bertz CT molecular complexity index is 652. The van der Waals surface area contributed by atoms with Crippen LogP contribution in [0.4, 0.5) is 5.69 Å². The van der Waals surface area contributed by atoms with Gasteiger partial charge in [-0.15, -0.1) is 0 Å². The molecule has 0 saturated carbocycles. The lowest BCUT2D eigenvalue weighted by molar-refractivity contribution is -0.386. The number of rotatable bonds is 6. The van der Waals surface area contributed by atoms with Crippen LogP contribution >= 0.6 is 0 Å². The highest BCUT2D eigenvalue weighted by Crippen LogP contribution is 2.35. The molecule has 2 rings (SSSR count). The minimum Gasteiger partial charge on any atom is -0.433 e. The van der Waals surface area contributed by atoms with Gasteiger partial charge in [-0.25, -0.2) is 4.68 Å². The van der Waals surface area contributed by atoms with Crippen molar-refractivity contribution in [2.45, 2.75) is 26.4 Å². The summed E-state index contributed by atoms with van der Waals surface area (Å²) in [4.78, 5) is 10.8. The molecule has 1 aromatic heterocycles. The number of aliphatic hydroxyl groups is 1. The van der Waals surface area contributed by atoms with Crippen molar-refractivity contribution in [2.24, 2.45) is 7.05 Å². The van der Waals surface area contributed by atoms with Gasteiger partial charge in [0.25, 0.3) is 5.88 Å². The number of ether oxygens (including phenoxy) is 1. The Morgan fingerprint density at radius 2 is 2.14 bits per heavy atom. The first-order chi connectivity index (χ1) is 10.1. The molecule has 0 aliphatic carbocycles. The summed E-state index contributed by atoms with van der Waals surface area (Å²) in [6, 6.07) is 6.86. The molecule has 0 aliphatic heterocycles. The maximum Gasteiger partial charge on any atom is 0.353 e. The lowest BCUT2D eigenvalue weighted by atomic mass is 10.2. The Hall–Kier alpha value is -2.41. The molecule has 112 valence electrons. The summed E-state index contributed by atoms with van der Waals surface area (Å²) >= 11 is 0. The van der Waals surface area contributed by atoms with E-state index < -0.39 is 4.92 Å². The molecule has 2 aromatic rings. The van der Waals surface area contributed by atoms with Crippen molar-refractivity contribution in [1.82, 2.24) is 9.78 Å². The minimum absolute atomic E-state index is 0.0735. The number of hydrogen-bond acceptors (Lipinski definition) is 5. The predicted molar refractivity (Wildman–Crippen MR) is 76.3 cm³/mol. The fourth-order valence-electron chi connectivity index (χ4n) is 2.09. The maximum atomic E-state index is 11.3. The number of hydrogen-bond donors (Lipinski definition) is 1. The van der Waals surface area contributed by atoms with Crippen LogP contribution in [-0.2, 0) is 20.1 Å². The van der Waals surface area contributed by atoms with Crippen molar-refractivity contribution >= 4 is 5.69 Å². The molecule has 0 aliphatic rings. The molecular formula is C14H17N3O4. The second-order valence-corrected chi connectivity index (χ2v) is 4.60. The third kappa shape index (κ3) is 3.03. The summed E-state index contributed by atoms with van der Waals surface area (Å²) < 4.78 is 7.01. The number of nitrogens with zero attached hydrogens (tertiary/aromatic N) is 3. The second-order valence-electron chi connectivity index (χ2n) is 4.60. The Morgan fingerprint density at radius 3 is 2.76 bits per heavy atom. The van der Waals surface area contributed by atoms with E-state index in [4.69, 9.17) is 4.74 Å². The molecule has 0 bridgehead atoms. The smallest absolute Gasteiger partial charge is 0.353 e. The molecule has 0 saturated heterocycles. The molecular weight excluding hydrogens is 274 g/mol. The average Bonchev–Trinajstić information content (AvgIpc) is 2.76. The van der Waals surface area contributed by atoms with E-state index in [0.717, 1.165) is 6.42 Å². The Labute approximate surface area is 121 Å². The van der Waals surface area contributed by atoms with Crippen LogP contribution in [0.5, 0.6) is 11.6 Å². The van der Waals surface area contributed by atoms with E-state index in [9.17, 15) is 15.2 Å². The number of nitro groups is 1. The van der Waals surface area contributed by atoms with Gasteiger partial charge in [-0.2, -0.15) is 5.10 Å². The molecule has 0 radical (unpaired) electrons. The normalized spacial score (nSPS) is 10.6. The van der Waals surface area contributed by atoms with E-state index in [0.29, 0.717) is 23.4 Å². The fraction of sp³-hybridized carbons (Fsp3) is 0.357. The Kier molecular flexibility index (Phi) is 4.54. The summed E-state index contributed by atoms with van der Waals surface area (Å²) in [5.41, 5.74) is 0.846. The van der Waals surface area contributed by atoms with Gasteiger partial charge in [0.05, 0.1) is 11.5 Å². The molecule has 21 heavy (non-hydrogen) atoms. The van der Waals surface area contributed by atoms with Crippen LogP contribution in [0, 0.1) is 10.1 Å². The second kappa shape index (κ2) is 6.36. The van der Waals surface area contributed by atoms with Crippen molar-refractivity contribution in [3.63, 3.8) is 0 Å². The molecule has 7 heteroatoms. The van der Waals surface area contributed by atoms with Crippen molar-refractivity contribution < 1.29 is 14.8 Å². The summed E-state index contributed by atoms with van der Waals surface area (Å²) in [5.74, 6) is 0.457. The first-order valence-electron chi connectivity index (χ1n) is 6.65. The van der Waals surface area contributed by atoms with E-state index in [1.54, 1.807) is 31.3 Å². The van der Waals surface area contributed by atoms with Gasteiger partial charge in [0.2, 0.25) is 0 Å². The number of aromatic nitrogens is 2. The SMILES string of the molecule is CCCc1nn(C)c(Oc2ccccc2CO)c1[N+](=O)[O-]. The highest BCUT2D eigenvalue weighted by atomic mass is 16.6. The molecule has 7 nitrogen and oxygen atoms in total. The number of aryl methyl sites for hydroxylation is 2. The number of aliphatic hydroxyl groups excluding tert-OH is 1. The summed E-state index contributed by atoms with van der Waals surface area (Å²) in [7, 11) is 1.60. The van der Waals surface area contributed by atoms with Crippen LogP contribution in [0.1, 0.15) is 24.6 Å². The quantitative estimate of drug-likeness (QED) is 0.652. The van der Waals surface area contributed by atoms with Gasteiger partial charge in [0.1, 0.15) is 11.4 Å². The molecule has 1 aromatic carbocycles. The van der Waals surface area contributed by atoms with E-state index in [1.807, 2.05) is 6.92 Å². The van der Waals surface area contributed by atoms with Crippen LogP contribution in [0.15, 0.2) is 24.3 Å².